The van der Waals surface area contributed by atoms with Crippen molar-refractivity contribution in [2.45, 2.75) is 6.18 Å². The maximum atomic E-state index is 12.3. The molecular formula is C11H6ClF3N2. The summed E-state index contributed by atoms with van der Waals surface area (Å²) in [6.45, 7) is 0. The van der Waals surface area contributed by atoms with Crippen LogP contribution in [0.4, 0.5) is 13.2 Å². The third-order valence-corrected chi connectivity index (χ3v) is 2.37. The van der Waals surface area contributed by atoms with Gasteiger partial charge in [-0.1, -0.05) is 41.9 Å². The van der Waals surface area contributed by atoms with Gasteiger partial charge in [0.2, 0.25) is 0 Å². The van der Waals surface area contributed by atoms with Crippen LogP contribution in [0.2, 0.25) is 5.02 Å². The number of rotatable bonds is 1. The third kappa shape index (κ3) is 2.55. The molecule has 0 bridgehead atoms. The summed E-state index contributed by atoms with van der Waals surface area (Å²) in [6.07, 6.45) is -4.54. The lowest BCUT2D eigenvalue weighted by atomic mass is 10.1. The van der Waals surface area contributed by atoms with Crippen LogP contribution in [0.1, 0.15) is 5.69 Å². The predicted octanol–water partition coefficient (Wildman–Crippen LogP) is 3.82. The number of hydrogen-bond donors (Lipinski definition) is 0. The smallest absolute Gasteiger partial charge is 0.164 e. The van der Waals surface area contributed by atoms with E-state index in [9.17, 15) is 13.2 Å². The SMILES string of the molecule is FC(F)(F)c1cc(Cl)c(-c2ccccc2)nn1. The average Bonchev–Trinajstić information content (AvgIpc) is 2.29. The van der Waals surface area contributed by atoms with Gasteiger partial charge in [0.1, 0.15) is 5.69 Å². The van der Waals surface area contributed by atoms with Crippen LogP contribution in [0.3, 0.4) is 0 Å². The maximum Gasteiger partial charge on any atom is 0.435 e. The highest BCUT2D eigenvalue weighted by Gasteiger charge is 2.33. The first-order chi connectivity index (χ1) is 7.98. The van der Waals surface area contributed by atoms with Gasteiger partial charge in [0.25, 0.3) is 0 Å². The third-order valence-electron chi connectivity index (χ3n) is 2.09. The molecule has 0 unspecified atom stereocenters. The van der Waals surface area contributed by atoms with E-state index < -0.39 is 11.9 Å². The summed E-state index contributed by atoms with van der Waals surface area (Å²) in [5, 5.41) is 6.57. The summed E-state index contributed by atoms with van der Waals surface area (Å²) < 4.78 is 37.0. The fourth-order valence-corrected chi connectivity index (χ4v) is 1.55. The van der Waals surface area contributed by atoms with E-state index in [0.717, 1.165) is 6.07 Å². The number of benzene rings is 1. The minimum absolute atomic E-state index is 0.0708. The highest BCUT2D eigenvalue weighted by atomic mass is 35.5. The molecule has 1 aromatic heterocycles. The Labute approximate surface area is 100 Å². The molecule has 2 aromatic rings. The second kappa shape index (κ2) is 4.33. The molecule has 17 heavy (non-hydrogen) atoms. The van der Waals surface area contributed by atoms with Gasteiger partial charge in [-0.15, -0.1) is 10.2 Å². The number of aromatic nitrogens is 2. The van der Waals surface area contributed by atoms with Crippen LogP contribution in [0.15, 0.2) is 36.4 Å². The zero-order chi connectivity index (χ0) is 12.5. The summed E-state index contributed by atoms with van der Waals surface area (Å²) in [5.74, 6) is 0. The first kappa shape index (κ1) is 11.9. The number of nitrogens with zero attached hydrogens (tertiary/aromatic N) is 2. The highest BCUT2D eigenvalue weighted by Crippen LogP contribution is 2.32. The highest BCUT2D eigenvalue weighted by molar-refractivity contribution is 6.33. The van der Waals surface area contributed by atoms with Gasteiger partial charge in [-0.05, 0) is 6.07 Å². The molecule has 6 heteroatoms. The Morgan fingerprint density at radius 2 is 1.65 bits per heavy atom. The van der Waals surface area contributed by atoms with Crippen molar-refractivity contribution in [2.75, 3.05) is 0 Å². The summed E-state index contributed by atoms with van der Waals surface area (Å²) in [6, 6.07) is 9.44. The quantitative estimate of drug-likeness (QED) is 0.777. The van der Waals surface area contributed by atoms with Crippen LogP contribution in [0, 0.1) is 0 Å². The van der Waals surface area contributed by atoms with Crippen LogP contribution in [0.25, 0.3) is 11.3 Å². The van der Waals surface area contributed by atoms with Crippen molar-refractivity contribution >= 4 is 11.6 Å². The number of halogens is 4. The van der Waals surface area contributed by atoms with E-state index in [0.29, 0.717) is 5.56 Å². The topological polar surface area (TPSA) is 25.8 Å². The van der Waals surface area contributed by atoms with Gasteiger partial charge in [-0.3, -0.25) is 0 Å². The van der Waals surface area contributed by atoms with Crippen molar-refractivity contribution in [3.05, 3.63) is 47.1 Å². The molecule has 0 spiro atoms. The van der Waals surface area contributed by atoms with Crippen molar-refractivity contribution < 1.29 is 13.2 Å². The van der Waals surface area contributed by atoms with E-state index in [1.54, 1.807) is 30.3 Å². The molecule has 0 saturated carbocycles. The summed E-state index contributed by atoms with van der Waals surface area (Å²) >= 11 is 5.77. The molecular weight excluding hydrogens is 253 g/mol. The average molecular weight is 259 g/mol. The standard InChI is InChI=1S/C11H6ClF3N2/c12-8-6-9(11(13,14)15)16-17-10(8)7-4-2-1-3-5-7/h1-6H. The lowest BCUT2D eigenvalue weighted by molar-refractivity contribution is -0.141. The lowest BCUT2D eigenvalue weighted by Gasteiger charge is -2.07. The Bertz CT molecular complexity index is 526. The van der Waals surface area contributed by atoms with Crippen molar-refractivity contribution in [2.24, 2.45) is 0 Å². The number of alkyl halides is 3. The van der Waals surface area contributed by atoms with Crippen molar-refractivity contribution in [3.8, 4) is 11.3 Å². The molecule has 0 atom stereocenters. The van der Waals surface area contributed by atoms with E-state index in [-0.39, 0.29) is 10.7 Å². The first-order valence-corrected chi connectivity index (χ1v) is 5.02. The van der Waals surface area contributed by atoms with Crippen molar-refractivity contribution in [1.82, 2.24) is 10.2 Å². The molecule has 0 aliphatic rings. The van der Waals surface area contributed by atoms with Crippen molar-refractivity contribution in [3.63, 3.8) is 0 Å². The maximum absolute atomic E-state index is 12.3. The van der Waals surface area contributed by atoms with Gasteiger partial charge in [0.05, 0.1) is 5.02 Å². The molecule has 0 amide bonds. The molecule has 2 nitrogen and oxygen atoms in total. The molecule has 0 aliphatic carbocycles. The summed E-state index contributed by atoms with van der Waals surface area (Å²) in [5.41, 5.74) is -0.235. The van der Waals surface area contributed by atoms with E-state index in [1.165, 1.54) is 0 Å². The van der Waals surface area contributed by atoms with Crippen LogP contribution in [-0.2, 0) is 6.18 Å². The monoisotopic (exact) mass is 258 g/mol. The second-order valence-corrected chi connectivity index (χ2v) is 3.70. The largest absolute Gasteiger partial charge is 0.435 e. The molecule has 2 rings (SSSR count). The van der Waals surface area contributed by atoms with Crippen LogP contribution >= 0.6 is 11.6 Å². The van der Waals surface area contributed by atoms with E-state index in [1.807, 2.05) is 0 Å². The van der Waals surface area contributed by atoms with Crippen molar-refractivity contribution in [1.29, 1.82) is 0 Å². The molecule has 1 aromatic carbocycles. The van der Waals surface area contributed by atoms with Crippen LogP contribution in [-0.4, -0.2) is 10.2 Å². The Morgan fingerprint density at radius 3 is 2.18 bits per heavy atom. The Balaban J connectivity index is 2.46. The Morgan fingerprint density at radius 1 is 1.00 bits per heavy atom. The van der Waals surface area contributed by atoms with Gasteiger partial charge in [-0.25, -0.2) is 0 Å². The van der Waals surface area contributed by atoms with Gasteiger partial charge in [0.15, 0.2) is 5.69 Å². The van der Waals surface area contributed by atoms with E-state index >= 15 is 0 Å². The summed E-state index contributed by atoms with van der Waals surface area (Å²) in [7, 11) is 0. The zero-order valence-electron chi connectivity index (χ0n) is 8.37. The summed E-state index contributed by atoms with van der Waals surface area (Å²) in [4.78, 5) is 0. The first-order valence-electron chi connectivity index (χ1n) is 4.64. The fourth-order valence-electron chi connectivity index (χ4n) is 1.30. The molecule has 1 heterocycles. The second-order valence-electron chi connectivity index (χ2n) is 3.29. The number of hydrogen-bond acceptors (Lipinski definition) is 2. The Hall–Kier alpha value is -1.62. The van der Waals surface area contributed by atoms with Gasteiger partial charge < -0.3 is 0 Å². The molecule has 88 valence electrons. The Kier molecular flexibility index (Phi) is 3.02. The molecule has 0 fully saturated rings. The fraction of sp³-hybridized carbons (Fsp3) is 0.0909. The van der Waals surface area contributed by atoms with Gasteiger partial charge >= 0.3 is 6.18 Å². The van der Waals surface area contributed by atoms with Crippen LogP contribution < -0.4 is 0 Å². The predicted molar refractivity (Wildman–Crippen MR) is 57.5 cm³/mol. The normalized spacial score (nSPS) is 11.5. The lowest BCUT2D eigenvalue weighted by Crippen LogP contribution is -2.09. The molecule has 0 aliphatic heterocycles. The molecule has 0 N–H and O–H groups in total. The molecule has 0 radical (unpaired) electrons. The minimum atomic E-state index is -4.54. The van der Waals surface area contributed by atoms with Gasteiger partial charge in [0, 0.05) is 5.56 Å². The van der Waals surface area contributed by atoms with Crippen LogP contribution in [0.5, 0.6) is 0 Å². The molecule has 0 saturated heterocycles. The van der Waals surface area contributed by atoms with Gasteiger partial charge in [-0.2, -0.15) is 13.2 Å². The minimum Gasteiger partial charge on any atom is -0.164 e. The zero-order valence-corrected chi connectivity index (χ0v) is 9.13. The van der Waals surface area contributed by atoms with E-state index in [4.69, 9.17) is 11.6 Å². The van der Waals surface area contributed by atoms with E-state index in [2.05, 4.69) is 10.2 Å².